The van der Waals surface area contributed by atoms with Gasteiger partial charge >= 0.3 is 12.1 Å². The Morgan fingerprint density at radius 3 is 1.28 bits per heavy atom. The third-order valence-electron chi connectivity index (χ3n) is 2.05. The van der Waals surface area contributed by atoms with Gasteiger partial charge in [-0.05, 0) is 0 Å². The zero-order chi connectivity index (χ0) is 14.5. The summed E-state index contributed by atoms with van der Waals surface area (Å²) in [5.74, 6) is -12.9. The van der Waals surface area contributed by atoms with Gasteiger partial charge in [-0.25, -0.2) is 13.2 Å². The average molecular weight is 280 g/mol. The van der Waals surface area contributed by atoms with Crippen molar-refractivity contribution in [3.63, 3.8) is 0 Å². The van der Waals surface area contributed by atoms with Crippen LogP contribution >= 0.6 is 0 Å². The predicted octanol–water partition coefficient (Wildman–Crippen LogP) is 2.92. The molecule has 0 aliphatic heterocycles. The van der Waals surface area contributed by atoms with E-state index < -0.39 is 46.5 Å². The minimum atomic E-state index is -6.29. The van der Waals surface area contributed by atoms with Gasteiger partial charge in [-0.3, -0.25) is 0 Å². The molecule has 0 aromatic heterocycles. The lowest BCUT2D eigenvalue weighted by molar-refractivity contribution is -0.291. The summed E-state index contributed by atoms with van der Waals surface area (Å²) >= 11 is 0. The fraction of sp³-hybridized carbons (Fsp3) is 0.250. The first-order valence-corrected chi connectivity index (χ1v) is 4.09. The first-order valence-electron chi connectivity index (χ1n) is 4.09. The molecule has 18 heavy (non-hydrogen) atoms. The van der Waals surface area contributed by atoms with Crippen molar-refractivity contribution >= 4 is 11.4 Å². The van der Waals surface area contributed by atoms with Gasteiger partial charge in [-0.2, -0.15) is 22.0 Å². The lowest BCUT2D eigenvalue weighted by atomic mass is 10.0. The van der Waals surface area contributed by atoms with Crippen LogP contribution in [-0.2, 0) is 5.92 Å². The Labute approximate surface area is 94.2 Å². The number of halogens is 8. The predicted molar refractivity (Wildman–Crippen MR) is 45.1 cm³/mol. The third-order valence-corrected chi connectivity index (χ3v) is 2.05. The molecule has 0 unspecified atom stereocenters. The molecular formula is C8H4F8N2. The lowest BCUT2D eigenvalue weighted by Gasteiger charge is -2.22. The number of rotatable bonds is 1. The quantitative estimate of drug-likeness (QED) is 0.614. The highest BCUT2D eigenvalue weighted by atomic mass is 19.4. The second-order valence-corrected chi connectivity index (χ2v) is 3.22. The molecule has 1 aromatic carbocycles. The van der Waals surface area contributed by atoms with Gasteiger partial charge in [0.2, 0.25) is 0 Å². The molecule has 1 rings (SSSR count). The van der Waals surface area contributed by atoms with Crippen LogP contribution in [0.2, 0.25) is 0 Å². The fourth-order valence-corrected chi connectivity index (χ4v) is 1.12. The molecule has 0 bridgehead atoms. The highest BCUT2D eigenvalue weighted by Gasteiger charge is 2.62. The van der Waals surface area contributed by atoms with Crippen molar-refractivity contribution in [1.29, 1.82) is 0 Å². The monoisotopic (exact) mass is 280 g/mol. The van der Waals surface area contributed by atoms with Gasteiger partial charge in [0.25, 0.3) is 0 Å². The Bertz CT molecular complexity index is 464. The summed E-state index contributed by atoms with van der Waals surface area (Å²) in [7, 11) is 0. The molecule has 4 N–H and O–H groups in total. The number of benzene rings is 1. The molecule has 0 radical (unpaired) electrons. The van der Waals surface area contributed by atoms with Gasteiger partial charge < -0.3 is 11.5 Å². The Balaban J connectivity index is 3.72. The zero-order valence-corrected chi connectivity index (χ0v) is 8.18. The van der Waals surface area contributed by atoms with Crippen molar-refractivity contribution in [3.8, 4) is 0 Å². The highest BCUT2D eigenvalue weighted by molar-refractivity contribution is 5.59. The van der Waals surface area contributed by atoms with Crippen molar-refractivity contribution in [2.45, 2.75) is 12.1 Å². The van der Waals surface area contributed by atoms with Crippen molar-refractivity contribution in [3.05, 3.63) is 23.0 Å². The van der Waals surface area contributed by atoms with Crippen LogP contribution < -0.4 is 11.5 Å². The van der Waals surface area contributed by atoms with Gasteiger partial charge in [0.05, 0.1) is 0 Å². The van der Waals surface area contributed by atoms with E-state index in [0.29, 0.717) is 0 Å². The maximum atomic E-state index is 13.1. The summed E-state index contributed by atoms with van der Waals surface area (Å²) in [4.78, 5) is 0. The smallest absolute Gasteiger partial charge is 0.394 e. The van der Waals surface area contributed by atoms with E-state index in [1.165, 1.54) is 0 Å². The molecule has 0 fully saturated rings. The maximum absolute atomic E-state index is 13.1. The van der Waals surface area contributed by atoms with Crippen LogP contribution in [-0.4, -0.2) is 6.18 Å². The summed E-state index contributed by atoms with van der Waals surface area (Å²) in [6.45, 7) is 0. The Hall–Kier alpha value is -1.74. The van der Waals surface area contributed by atoms with Crippen molar-refractivity contribution in [2.75, 3.05) is 11.5 Å². The minimum Gasteiger partial charge on any atom is -0.394 e. The minimum absolute atomic E-state index is 1.71. The molecular weight excluding hydrogens is 276 g/mol. The van der Waals surface area contributed by atoms with Crippen LogP contribution in [0, 0.1) is 17.5 Å². The lowest BCUT2D eigenvalue weighted by Crippen LogP contribution is -2.36. The summed E-state index contributed by atoms with van der Waals surface area (Å²) in [5.41, 5.74) is 3.03. The third kappa shape index (κ3) is 1.81. The van der Waals surface area contributed by atoms with Crippen LogP contribution in [0.4, 0.5) is 46.5 Å². The van der Waals surface area contributed by atoms with E-state index >= 15 is 0 Å². The van der Waals surface area contributed by atoms with Gasteiger partial charge in [0.15, 0.2) is 17.5 Å². The van der Waals surface area contributed by atoms with E-state index in [9.17, 15) is 35.1 Å². The second kappa shape index (κ2) is 3.89. The van der Waals surface area contributed by atoms with E-state index in [4.69, 9.17) is 0 Å². The van der Waals surface area contributed by atoms with Crippen molar-refractivity contribution in [2.24, 2.45) is 0 Å². The van der Waals surface area contributed by atoms with E-state index in [-0.39, 0.29) is 0 Å². The van der Waals surface area contributed by atoms with Gasteiger partial charge in [0.1, 0.15) is 16.9 Å². The fourth-order valence-electron chi connectivity index (χ4n) is 1.12. The molecule has 0 atom stereocenters. The number of hydrogen-bond acceptors (Lipinski definition) is 2. The standard InChI is InChI=1S/C8H4F8N2/c9-2-1(7(12,13)8(14,15)16)3(10)6(18)4(11)5(2)17/h17-18H2. The molecule has 0 aliphatic carbocycles. The Kier molecular flexibility index (Phi) is 3.09. The Morgan fingerprint density at radius 2 is 1.00 bits per heavy atom. The summed E-state index contributed by atoms with van der Waals surface area (Å²) in [5, 5.41) is 0. The topological polar surface area (TPSA) is 52.0 Å². The molecule has 0 heterocycles. The first kappa shape index (κ1) is 14.3. The highest BCUT2D eigenvalue weighted by Crippen LogP contribution is 2.47. The number of nitrogen functional groups attached to an aromatic ring is 2. The van der Waals surface area contributed by atoms with E-state index in [1.807, 2.05) is 0 Å². The number of hydrogen-bond donors (Lipinski definition) is 2. The van der Waals surface area contributed by atoms with Gasteiger partial charge in [0, 0.05) is 0 Å². The van der Waals surface area contributed by atoms with Crippen LogP contribution in [0.25, 0.3) is 0 Å². The van der Waals surface area contributed by atoms with Crippen molar-refractivity contribution in [1.82, 2.24) is 0 Å². The number of nitrogens with two attached hydrogens (primary N) is 2. The van der Waals surface area contributed by atoms with Gasteiger partial charge in [-0.1, -0.05) is 0 Å². The Morgan fingerprint density at radius 1 is 0.667 bits per heavy atom. The largest absolute Gasteiger partial charge is 0.458 e. The van der Waals surface area contributed by atoms with Crippen molar-refractivity contribution < 1.29 is 35.1 Å². The SMILES string of the molecule is Nc1c(F)c(N)c(F)c(C(F)(F)C(F)(F)F)c1F. The van der Waals surface area contributed by atoms with Crippen LogP contribution in [0.1, 0.15) is 5.56 Å². The number of alkyl halides is 5. The van der Waals surface area contributed by atoms with Crippen LogP contribution in [0.5, 0.6) is 0 Å². The molecule has 1 aromatic rings. The molecule has 0 spiro atoms. The molecule has 0 aliphatic rings. The molecule has 10 heteroatoms. The summed E-state index contributed by atoms with van der Waals surface area (Å²) < 4.78 is 101. The first-order chi connectivity index (χ1) is 7.93. The number of anilines is 2. The van der Waals surface area contributed by atoms with Crippen LogP contribution in [0.15, 0.2) is 0 Å². The van der Waals surface area contributed by atoms with E-state index in [2.05, 4.69) is 11.5 Å². The molecule has 0 amide bonds. The van der Waals surface area contributed by atoms with E-state index in [0.717, 1.165) is 0 Å². The summed E-state index contributed by atoms with van der Waals surface area (Å²) in [6, 6.07) is 0. The average Bonchev–Trinajstić information content (AvgIpc) is 2.22. The zero-order valence-electron chi connectivity index (χ0n) is 8.18. The molecule has 102 valence electrons. The molecule has 0 saturated heterocycles. The normalized spacial score (nSPS) is 12.9. The van der Waals surface area contributed by atoms with E-state index in [1.54, 1.807) is 0 Å². The maximum Gasteiger partial charge on any atom is 0.458 e. The second-order valence-electron chi connectivity index (χ2n) is 3.22. The van der Waals surface area contributed by atoms with Gasteiger partial charge in [-0.15, -0.1) is 0 Å². The molecule has 2 nitrogen and oxygen atoms in total. The van der Waals surface area contributed by atoms with Crippen LogP contribution in [0.3, 0.4) is 0 Å². The molecule has 0 saturated carbocycles. The summed E-state index contributed by atoms with van der Waals surface area (Å²) in [6.07, 6.45) is -6.29.